The van der Waals surface area contributed by atoms with Crippen molar-refractivity contribution < 1.29 is 22.3 Å². The number of nitrogens with zero attached hydrogens (tertiary/aromatic N) is 2. The van der Waals surface area contributed by atoms with Gasteiger partial charge in [-0.25, -0.2) is 12.8 Å². The van der Waals surface area contributed by atoms with Gasteiger partial charge in [0.1, 0.15) is 5.82 Å². The maximum absolute atomic E-state index is 13.2. The van der Waals surface area contributed by atoms with Crippen molar-refractivity contribution in [3.8, 4) is 0 Å². The van der Waals surface area contributed by atoms with E-state index in [4.69, 9.17) is 4.74 Å². The summed E-state index contributed by atoms with van der Waals surface area (Å²) in [5.41, 5.74) is 1.33. The van der Waals surface area contributed by atoms with Crippen LogP contribution in [0.2, 0.25) is 0 Å². The Morgan fingerprint density at radius 1 is 1.00 bits per heavy atom. The fourth-order valence-electron chi connectivity index (χ4n) is 3.99. The Bertz CT molecular complexity index is 1070. The van der Waals surface area contributed by atoms with Crippen molar-refractivity contribution in [2.24, 2.45) is 0 Å². The van der Waals surface area contributed by atoms with Crippen molar-refractivity contribution in [3.63, 3.8) is 0 Å². The number of benzene rings is 2. The molecule has 0 atom stereocenters. The number of carbonyl (C=O) groups excluding carboxylic acids is 1. The van der Waals surface area contributed by atoms with E-state index in [1.54, 1.807) is 30.3 Å². The highest BCUT2D eigenvalue weighted by Crippen LogP contribution is 2.32. The molecular weight excluding hydrogens is 465 g/mol. The zero-order valence-electron chi connectivity index (χ0n) is 18.3. The summed E-state index contributed by atoms with van der Waals surface area (Å²) >= 11 is 1.30. The van der Waals surface area contributed by atoms with Gasteiger partial charge in [0, 0.05) is 31.1 Å². The Balaban J connectivity index is 1.55. The Hall–Kier alpha value is -2.14. The summed E-state index contributed by atoms with van der Waals surface area (Å²) in [7, 11) is -3.68. The van der Waals surface area contributed by atoms with Gasteiger partial charge in [0.2, 0.25) is 15.9 Å². The van der Waals surface area contributed by atoms with Crippen molar-refractivity contribution in [1.82, 2.24) is 4.31 Å². The molecule has 0 radical (unpaired) electrons. The molecule has 0 saturated carbocycles. The van der Waals surface area contributed by atoms with Crippen LogP contribution < -0.4 is 10.2 Å². The van der Waals surface area contributed by atoms with Gasteiger partial charge in [0.25, 0.3) is 0 Å². The minimum Gasteiger partial charge on any atom is -0.379 e. The molecule has 7 nitrogen and oxygen atoms in total. The summed E-state index contributed by atoms with van der Waals surface area (Å²) in [6.45, 7) is 3.09. The maximum Gasteiger partial charge on any atom is 0.243 e. The Morgan fingerprint density at radius 2 is 1.70 bits per heavy atom. The van der Waals surface area contributed by atoms with Gasteiger partial charge < -0.3 is 15.0 Å². The van der Waals surface area contributed by atoms with Crippen molar-refractivity contribution >= 4 is 39.1 Å². The van der Waals surface area contributed by atoms with Crippen LogP contribution in [0.25, 0.3) is 0 Å². The van der Waals surface area contributed by atoms with Crippen molar-refractivity contribution in [1.29, 1.82) is 0 Å². The molecule has 1 amide bonds. The third kappa shape index (κ3) is 6.06. The van der Waals surface area contributed by atoms with Crippen LogP contribution in [0.1, 0.15) is 19.3 Å². The average Bonchev–Trinajstić information content (AvgIpc) is 2.85. The van der Waals surface area contributed by atoms with E-state index in [1.165, 1.54) is 28.2 Å². The average molecular weight is 494 g/mol. The number of amides is 1. The first-order chi connectivity index (χ1) is 15.9. The lowest BCUT2D eigenvalue weighted by molar-refractivity contribution is -0.113. The molecule has 33 heavy (non-hydrogen) atoms. The van der Waals surface area contributed by atoms with Crippen LogP contribution in [0.15, 0.2) is 52.3 Å². The summed E-state index contributed by atoms with van der Waals surface area (Å²) < 4.78 is 46.1. The Morgan fingerprint density at radius 3 is 2.39 bits per heavy atom. The summed E-state index contributed by atoms with van der Waals surface area (Å²) in [5, 5.41) is 2.92. The molecule has 2 aromatic rings. The lowest BCUT2D eigenvalue weighted by atomic mass is 10.1. The zero-order valence-corrected chi connectivity index (χ0v) is 20.0. The predicted molar refractivity (Wildman–Crippen MR) is 128 cm³/mol. The van der Waals surface area contributed by atoms with Gasteiger partial charge in [0.15, 0.2) is 0 Å². The quantitative estimate of drug-likeness (QED) is 0.594. The maximum atomic E-state index is 13.2. The Labute approximate surface area is 198 Å². The lowest BCUT2D eigenvalue weighted by Crippen LogP contribution is -2.40. The number of anilines is 2. The fourth-order valence-corrected chi connectivity index (χ4v) is 6.12. The molecule has 0 unspecified atom stereocenters. The zero-order chi connectivity index (χ0) is 23.3. The molecule has 2 aliphatic heterocycles. The van der Waals surface area contributed by atoms with E-state index >= 15 is 0 Å². The first-order valence-electron chi connectivity index (χ1n) is 11.1. The van der Waals surface area contributed by atoms with Crippen LogP contribution in [0.5, 0.6) is 0 Å². The number of rotatable bonds is 7. The number of carbonyl (C=O) groups is 1. The lowest BCUT2D eigenvalue weighted by Gasteiger charge is -2.31. The van der Waals surface area contributed by atoms with Gasteiger partial charge in [0.05, 0.1) is 35.2 Å². The topological polar surface area (TPSA) is 79.0 Å². The van der Waals surface area contributed by atoms with E-state index < -0.39 is 10.0 Å². The molecule has 0 aliphatic carbocycles. The van der Waals surface area contributed by atoms with Gasteiger partial charge in [-0.2, -0.15) is 4.31 Å². The third-order valence-electron chi connectivity index (χ3n) is 5.73. The third-order valence-corrected chi connectivity index (χ3v) is 8.64. The number of morpholine rings is 1. The number of sulfonamides is 1. The highest BCUT2D eigenvalue weighted by Gasteiger charge is 2.28. The van der Waals surface area contributed by atoms with Crippen LogP contribution in [-0.4, -0.2) is 63.8 Å². The van der Waals surface area contributed by atoms with E-state index in [2.05, 4.69) is 10.2 Å². The molecule has 4 rings (SSSR count). The molecule has 2 aliphatic rings. The smallest absolute Gasteiger partial charge is 0.243 e. The fraction of sp³-hybridized carbons (Fsp3) is 0.435. The van der Waals surface area contributed by atoms with Gasteiger partial charge >= 0.3 is 0 Å². The summed E-state index contributed by atoms with van der Waals surface area (Å²) in [6.07, 6.45) is 3.28. The first kappa shape index (κ1) is 24.0. The van der Waals surface area contributed by atoms with E-state index in [0.29, 0.717) is 32.0 Å². The van der Waals surface area contributed by atoms with Gasteiger partial charge in [-0.3, -0.25) is 4.79 Å². The molecule has 0 spiro atoms. The molecule has 0 aromatic heterocycles. The van der Waals surface area contributed by atoms with E-state index in [9.17, 15) is 17.6 Å². The van der Waals surface area contributed by atoms with Crippen LogP contribution in [0.4, 0.5) is 15.8 Å². The van der Waals surface area contributed by atoms with Crippen molar-refractivity contribution in [2.45, 2.75) is 29.1 Å². The molecule has 1 N–H and O–H groups in total. The van der Waals surface area contributed by atoms with Crippen molar-refractivity contribution in [2.75, 3.05) is 55.4 Å². The van der Waals surface area contributed by atoms with E-state index in [1.807, 2.05) is 0 Å². The normalized spacial score (nSPS) is 17.7. The molecule has 2 fully saturated rings. The number of hydrogen-bond donors (Lipinski definition) is 1. The van der Waals surface area contributed by atoms with E-state index in [-0.39, 0.29) is 22.4 Å². The van der Waals surface area contributed by atoms with Gasteiger partial charge in [-0.15, -0.1) is 11.8 Å². The number of hydrogen-bond acceptors (Lipinski definition) is 6. The highest BCUT2D eigenvalue weighted by atomic mass is 32.2. The number of halogens is 1. The minimum atomic E-state index is -3.68. The molecular formula is C23H28FN3O4S2. The standard InChI is InChI=1S/C23H28FN3O4S2/c24-18-4-6-19(7-5-18)32-17-23(28)25-21-16-20(33(29,30)27-12-14-31-15-13-27)8-9-22(21)26-10-2-1-3-11-26/h4-9,16H,1-3,10-15,17H2,(H,25,28). The van der Waals surface area contributed by atoms with Gasteiger partial charge in [-0.1, -0.05) is 0 Å². The van der Waals surface area contributed by atoms with E-state index in [0.717, 1.165) is 42.9 Å². The number of piperidine rings is 1. The van der Waals surface area contributed by atoms with Crippen LogP contribution in [0.3, 0.4) is 0 Å². The van der Waals surface area contributed by atoms with Crippen LogP contribution in [-0.2, 0) is 19.6 Å². The molecule has 10 heteroatoms. The second-order valence-electron chi connectivity index (χ2n) is 8.03. The Kier molecular flexibility index (Phi) is 7.90. The summed E-state index contributed by atoms with van der Waals surface area (Å²) in [4.78, 5) is 15.9. The molecule has 2 saturated heterocycles. The summed E-state index contributed by atoms with van der Waals surface area (Å²) in [5.74, 6) is -0.442. The minimum absolute atomic E-state index is 0.130. The molecule has 0 bridgehead atoms. The SMILES string of the molecule is O=C(CSc1ccc(F)cc1)Nc1cc(S(=O)(=O)N2CCOCC2)ccc1N1CCCCC1. The van der Waals surface area contributed by atoms with Gasteiger partial charge in [-0.05, 0) is 61.7 Å². The predicted octanol–water partition coefficient (Wildman–Crippen LogP) is 3.57. The monoisotopic (exact) mass is 493 g/mol. The molecule has 2 aromatic carbocycles. The van der Waals surface area contributed by atoms with Crippen LogP contribution in [0, 0.1) is 5.82 Å². The first-order valence-corrected chi connectivity index (χ1v) is 13.5. The molecule has 2 heterocycles. The number of ether oxygens (including phenoxy) is 1. The van der Waals surface area contributed by atoms with Crippen LogP contribution >= 0.6 is 11.8 Å². The summed E-state index contributed by atoms with van der Waals surface area (Å²) in [6, 6.07) is 10.9. The number of thioether (sulfide) groups is 1. The second kappa shape index (κ2) is 10.9. The molecule has 178 valence electrons. The highest BCUT2D eigenvalue weighted by molar-refractivity contribution is 8.00. The van der Waals surface area contributed by atoms with Crippen molar-refractivity contribution in [3.05, 3.63) is 48.3 Å². The number of nitrogens with one attached hydrogen (secondary N) is 1. The largest absolute Gasteiger partial charge is 0.379 e. The second-order valence-corrected chi connectivity index (χ2v) is 11.0.